The van der Waals surface area contributed by atoms with Crippen LogP contribution < -0.4 is 10.6 Å². The van der Waals surface area contributed by atoms with E-state index in [9.17, 15) is 0 Å². The summed E-state index contributed by atoms with van der Waals surface area (Å²) in [7, 11) is 3.46. The minimum absolute atomic E-state index is 0.502. The fraction of sp³-hybridized carbons (Fsp3) is 0.750. The van der Waals surface area contributed by atoms with Crippen molar-refractivity contribution in [2.75, 3.05) is 47.1 Å². The lowest BCUT2D eigenvalue weighted by Crippen LogP contribution is -2.39. The van der Waals surface area contributed by atoms with Gasteiger partial charge in [-0.25, -0.2) is 4.98 Å². The third-order valence-corrected chi connectivity index (χ3v) is 4.34. The molecule has 0 amide bonds. The molecule has 0 bridgehead atoms. The van der Waals surface area contributed by atoms with Crippen molar-refractivity contribution in [3.63, 3.8) is 0 Å². The summed E-state index contributed by atoms with van der Waals surface area (Å²) in [5.74, 6) is 1.32. The van der Waals surface area contributed by atoms with Gasteiger partial charge in [-0.1, -0.05) is 13.8 Å². The maximum absolute atomic E-state index is 5.42. The Morgan fingerprint density at radius 3 is 2.70 bits per heavy atom. The third kappa shape index (κ3) is 8.88. The highest BCUT2D eigenvalue weighted by atomic mass is 32.1. The van der Waals surface area contributed by atoms with Crippen molar-refractivity contribution in [3.8, 4) is 0 Å². The molecule has 0 spiro atoms. The van der Waals surface area contributed by atoms with E-state index in [0.717, 1.165) is 44.2 Å². The molecule has 2 N–H and O–H groups in total. The van der Waals surface area contributed by atoms with Crippen molar-refractivity contribution >= 4 is 17.3 Å². The molecule has 0 aliphatic heterocycles. The molecule has 0 aromatic carbocycles. The molecule has 0 saturated carbocycles. The number of aromatic nitrogens is 1. The number of hydrogen-bond acceptors (Lipinski definition) is 5. The van der Waals surface area contributed by atoms with Crippen molar-refractivity contribution in [3.05, 3.63) is 16.1 Å². The molecular weight excluding hydrogens is 312 g/mol. The van der Waals surface area contributed by atoms with Gasteiger partial charge in [0, 0.05) is 51.6 Å². The van der Waals surface area contributed by atoms with Crippen molar-refractivity contribution in [1.82, 2.24) is 15.6 Å². The predicted octanol–water partition coefficient (Wildman–Crippen LogP) is 2.03. The van der Waals surface area contributed by atoms with Crippen LogP contribution in [0.4, 0.5) is 0 Å². The lowest BCUT2D eigenvalue weighted by molar-refractivity contribution is 0.0698. The summed E-state index contributed by atoms with van der Waals surface area (Å²) in [5, 5.41) is 9.94. The molecule has 7 heteroatoms. The summed E-state index contributed by atoms with van der Waals surface area (Å²) in [5.41, 5.74) is 1.15. The Labute approximate surface area is 143 Å². The van der Waals surface area contributed by atoms with Gasteiger partial charge in [0.15, 0.2) is 5.96 Å². The molecule has 1 rings (SSSR count). The third-order valence-electron chi connectivity index (χ3n) is 3.15. The molecule has 23 heavy (non-hydrogen) atoms. The first-order valence-electron chi connectivity index (χ1n) is 8.12. The van der Waals surface area contributed by atoms with Crippen LogP contribution in [0.15, 0.2) is 10.4 Å². The highest BCUT2D eigenvalue weighted by molar-refractivity contribution is 7.09. The van der Waals surface area contributed by atoms with Crippen molar-refractivity contribution in [2.45, 2.75) is 32.6 Å². The number of rotatable bonds is 11. The van der Waals surface area contributed by atoms with Gasteiger partial charge >= 0.3 is 0 Å². The van der Waals surface area contributed by atoms with Crippen LogP contribution in [-0.2, 0) is 15.9 Å². The van der Waals surface area contributed by atoms with Crippen molar-refractivity contribution in [1.29, 1.82) is 0 Å². The molecule has 1 aromatic heterocycles. The number of thiazole rings is 1. The Bertz CT molecular complexity index is 449. The van der Waals surface area contributed by atoms with Crippen LogP contribution in [0.5, 0.6) is 0 Å². The van der Waals surface area contributed by atoms with E-state index in [1.54, 1.807) is 25.5 Å². The van der Waals surface area contributed by atoms with E-state index in [4.69, 9.17) is 9.47 Å². The number of nitrogens with one attached hydrogen (secondary N) is 2. The van der Waals surface area contributed by atoms with E-state index >= 15 is 0 Å². The number of nitrogens with zero attached hydrogens (tertiary/aromatic N) is 2. The Kier molecular flexibility index (Phi) is 10.6. The summed E-state index contributed by atoms with van der Waals surface area (Å²) in [6.45, 7) is 8.02. The molecule has 0 saturated heterocycles. The van der Waals surface area contributed by atoms with Gasteiger partial charge in [-0.3, -0.25) is 4.99 Å². The molecule has 0 unspecified atom stereocenters. The van der Waals surface area contributed by atoms with E-state index in [1.165, 1.54) is 5.01 Å². The van der Waals surface area contributed by atoms with Crippen LogP contribution in [0.1, 0.15) is 36.9 Å². The smallest absolute Gasteiger partial charge is 0.190 e. The van der Waals surface area contributed by atoms with Crippen LogP contribution in [0.25, 0.3) is 0 Å². The average Bonchev–Trinajstić information content (AvgIpc) is 3.01. The largest absolute Gasteiger partial charge is 0.382 e. The van der Waals surface area contributed by atoms with E-state index in [-0.39, 0.29) is 0 Å². The molecule has 0 radical (unpaired) electrons. The average molecular weight is 343 g/mol. The van der Waals surface area contributed by atoms with Crippen LogP contribution in [0.2, 0.25) is 0 Å². The second-order valence-electron chi connectivity index (χ2n) is 5.47. The summed E-state index contributed by atoms with van der Waals surface area (Å²) in [6.07, 6.45) is 1.85. The molecule has 0 aliphatic carbocycles. The number of hydrogen-bond donors (Lipinski definition) is 2. The first-order valence-corrected chi connectivity index (χ1v) is 9.00. The van der Waals surface area contributed by atoms with Gasteiger partial charge in [0.2, 0.25) is 0 Å². The van der Waals surface area contributed by atoms with Gasteiger partial charge in [-0.15, -0.1) is 11.3 Å². The molecule has 0 atom stereocenters. The minimum Gasteiger partial charge on any atom is -0.382 e. The molecule has 1 aromatic rings. The molecule has 132 valence electrons. The van der Waals surface area contributed by atoms with Gasteiger partial charge in [-0.2, -0.15) is 0 Å². The normalized spacial score (nSPS) is 12.0. The maximum atomic E-state index is 5.42. The quantitative estimate of drug-likeness (QED) is 0.366. The number of aliphatic imine (C=N–C) groups is 1. The monoisotopic (exact) mass is 342 g/mol. The van der Waals surface area contributed by atoms with Gasteiger partial charge < -0.3 is 20.1 Å². The Morgan fingerprint density at radius 2 is 2.04 bits per heavy atom. The highest BCUT2D eigenvalue weighted by Gasteiger charge is 2.05. The van der Waals surface area contributed by atoms with Gasteiger partial charge in [0.1, 0.15) is 0 Å². The lowest BCUT2D eigenvalue weighted by Gasteiger charge is -2.11. The van der Waals surface area contributed by atoms with Crippen LogP contribution >= 0.6 is 11.3 Å². The Hall–Kier alpha value is -1.18. The standard InChI is InChI=1S/C16H30N4O2S/c1-13(2)15-20-14(12-23-15)6-8-19-16(17-3)18-7-5-9-22-11-10-21-4/h12-13H,5-11H2,1-4H3,(H2,17,18,19). The summed E-state index contributed by atoms with van der Waals surface area (Å²) < 4.78 is 10.3. The fourth-order valence-corrected chi connectivity index (χ4v) is 2.73. The zero-order valence-electron chi connectivity index (χ0n) is 14.7. The molecular formula is C16H30N4O2S. The number of methoxy groups -OCH3 is 1. The second kappa shape index (κ2) is 12.3. The van der Waals surface area contributed by atoms with E-state index in [2.05, 4.69) is 39.8 Å². The van der Waals surface area contributed by atoms with Crippen LogP contribution in [0, 0.1) is 0 Å². The van der Waals surface area contributed by atoms with Gasteiger partial charge in [0.05, 0.1) is 23.9 Å². The molecule has 1 heterocycles. The van der Waals surface area contributed by atoms with Crippen molar-refractivity contribution in [2.24, 2.45) is 4.99 Å². The lowest BCUT2D eigenvalue weighted by atomic mass is 10.2. The van der Waals surface area contributed by atoms with Gasteiger partial charge in [-0.05, 0) is 6.42 Å². The highest BCUT2D eigenvalue weighted by Crippen LogP contribution is 2.19. The fourth-order valence-electron chi connectivity index (χ4n) is 1.86. The summed E-state index contributed by atoms with van der Waals surface area (Å²) >= 11 is 1.74. The Balaban J connectivity index is 2.11. The first kappa shape index (κ1) is 19.9. The van der Waals surface area contributed by atoms with Crippen molar-refractivity contribution < 1.29 is 9.47 Å². The summed E-state index contributed by atoms with van der Waals surface area (Å²) in [4.78, 5) is 8.85. The van der Waals surface area contributed by atoms with E-state index in [0.29, 0.717) is 19.1 Å². The molecule has 6 nitrogen and oxygen atoms in total. The number of ether oxygens (including phenoxy) is 2. The van der Waals surface area contributed by atoms with Gasteiger partial charge in [0.25, 0.3) is 0 Å². The maximum Gasteiger partial charge on any atom is 0.190 e. The second-order valence-corrected chi connectivity index (χ2v) is 6.36. The zero-order valence-corrected chi connectivity index (χ0v) is 15.5. The number of guanidine groups is 1. The first-order chi connectivity index (χ1) is 11.2. The Morgan fingerprint density at radius 1 is 1.26 bits per heavy atom. The van der Waals surface area contributed by atoms with Crippen LogP contribution in [-0.4, -0.2) is 58.0 Å². The molecule has 0 fully saturated rings. The SMILES string of the molecule is CN=C(NCCCOCCOC)NCCc1csc(C(C)C)n1. The van der Waals surface area contributed by atoms with Crippen LogP contribution in [0.3, 0.4) is 0 Å². The topological polar surface area (TPSA) is 67.8 Å². The summed E-state index contributed by atoms with van der Waals surface area (Å²) in [6, 6.07) is 0. The van der Waals surface area contributed by atoms with E-state index < -0.39 is 0 Å². The zero-order chi connectivity index (χ0) is 16.9. The predicted molar refractivity (Wildman–Crippen MR) is 96.6 cm³/mol. The van der Waals surface area contributed by atoms with E-state index in [1.807, 2.05) is 0 Å². The molecule has 0 aliphatic rings. The minimum atomic E-state index is 0.502.